The summed E-state index contributed by atoms with van der Waals surface area (Å²) in [5.41, 5.74) is 0.615. The van der Waals surface area contributed by atoms with E-state index in [1.54, 1.807) is 12.1 Å². The first kappa shape index (κ1) is 13.2. The second kappa shape index (κ2) is 7.44. The van der Waals surface area contributed by atoms with Gasteiger partial charge in [-0.15, -0.1) is 6.58 Å². The van der Waals surface area contributed by atoms with Gasteiger partial charge < -0.3 is 4.74 Å². The van der Waals surface area contributed by atoms with Crippen LogP contribution in [0.25, 0.3) is 0 Å². The molecule has 0 radical (unpaired) electrons. The van der Waals surface area contributed by atoms with E-state index in [0.29, 0.717) is 12.2 Å². The van der Waals surface area contributed by atoms with Gasteiger partial charge in [-0.25, -0.2) is 4.79 Å². The van der Waals surface area contributed by atoms with E-state index in [0.717, 1.165) is 22.8 Å². The summed E-state index contributed by atoms with van der Waals surface area (Å²) in [7, 11) is 0. The molecule has 1 aromatic rings. The number of rotatable bonds is 6. The molecule has 0 atom stereocenters. The fraction of sp³-hybridized carbons (Fsp3) is 0.308. The van der Waals surface area contributed by atoms with Crippen LogP contribution >= 0.6 is 22.6 Å². The summed E-state index contributed by atoms with van der Waals surface area (Å²) < 4.78 is 6.25. The predicted octanol–water partition coefficient (Wildman–Crippen LogP) is 3.80. The van der Waals surface area contributed by atoms with Crippen molar-refractivity contribution < 1.29 is 9.53 Å². The van der Waals surface area contributed by atoms with E-state index in [-0.39, 0.29) is 5.97 Å². The number of benzene rings is 1. The fourth-order valence-corrected chi connectivity index (χ4v) is 1.58. The standard InChI is InChI=1S/C13H15IO2/c1-2-3-4-5-10-16-13(15)11-6-8-12(14)9-7-11/h2,6-9H,1,3-5,10H2. The summed E-state index contributed by atoms with van der Waals surface area (Å²) in [6.07, 6.45) is 4.76. The molecule has 1 aromatic carbocycles. The maximum absolute atomic E-state index is 11.5. The Morgan fingerprint density at radius 3 is 2.62 bits per heavy atom. The lowest BCUT2D eigenvalue weighted by atomic mass is 10.2. The van der Waals surface area contributed by atoms with Crippen LogP contribution in [0.3, 0.4) is 0 Å². The molecule has 3 heteroatoms. The normalized spacial score (nSPS) is 9.81. The van der Waals surface area contributed by atoms with Gasteiger partial charge in [0, 0.05) is 3.57 Å². The van der Waals surface area contributed by atoms with E-state index in [2.05, 4.69) is 29.2 Å². The molecule has 0 unspecified atom stereocenters. The van der Waals surface area contributed by atoms with Crippen LogP contribution in [0.15, 0.2) is 36.9 Å². The number of carbonyl (C=O) groups excluding carboxylic acids is 1. The number of esters is 1. The first-order valence-corrected chi connectivity index (χ1v) is 6.35. The topological polar surface area (TPSA) is 26.3 Å². The zero-order chi connectivity index (χ0) is 11.8. The van der Waals surface area contributed by atoms with Crippen molar-refractivity contribution >= 4 is 28.6 Å². The van der Waals surface area contributed by atoms with Crippen molar-refractivity contribution in [1.29, 1.82) is 0 Å². The van der Waals surface area contributed by atoms with Gasteiger partial charge in [0.05, 0.1) is 12.2 Å². The maximum atomic E-state index is 11.5. The highest BCUT2D eigenvalue weighted by Crippen LogP contribution is 2.08. The number of hydrogen-bond donors (Lipinski definition) is 0. The summed E-state index contributed by atoms with van der Waals surface area (Å²) in [5, 5.41) is 0. The Kier molecular flexibility index (Phi) is 6.15. The van der Waals surface area contributed by atoms with Gasteiger partial charge in [0.25, 0.3) is 0 Å². The van der Waals surface area contributed by atoms with Crippen LogP contribution in [0.4, 0.5) is 0 Å². The van der Waals surface area contributed by atoms with E-state index in [1.165, 1.54) is 0 Å². The number of ether oxygens (including phenoxy) is 1. The molecule has 16 heavy (non-hydrogen) atoms. The Morgan fingerprint density at radius 1 is 1.31 bits per heavy atom. The summed E-state index contributed by atoms with van der Waals surface area (Å²) in [4.78, 5) is 11.5. The quantitative estimate of drug-likeness (QED) is 0.343. The lowest BCUT2D eigenvalue weighted by Crippen LogP contribution is -2.06. The minimum Gasteiger partial charge on any atom is -0.462 e. The van der Waals surface area contributed by atoms with Crippen LogP contribution in [-0.4, -0.2) is 12.6 Å². The molecule has 1 rings (SSSR count). The molecular weight excluding hydrogens is 315 g/mol. The first-order valence-electron chi connectivity index (χ1n) is 5.27. The third-order valence-corrected chi connectivity index (χ3v) is 2.83. The van der Waals surface area contributed by atoms with Gasteiger partial charge in [-0.2, -0.15) is 0 Å². The smallest absolute Gasteiger partial charge is 0.338 e. The third-order valence-electron chi connectivity index (χ3n) is 2.12. The monoisotopic (exact) mass is 330 g/mol. The molecule has 0 fully saturated rings. The van der Waals surface area contributed by atoms with Crippen LogP contribution in [-0.2, 0) is 4.74 Å². The van der Waals surface area contributed by atoms with Gasteiger partial charge in [-0.1, -0.05) is 6.08 Å². The number of allylic oxidation sites excluding steroid dienone is 1. The van der Waals surface area contributed by atoms with Crippen molar-refractivity contribution in [1.82, 2.24) is 0 Å². The molecule has 2 nitrogen and oxygen atoms in total. The van der Waals surface area contributed by atoms with Crippen LogP contribution in [0, 0.1) is 3.57 Å². The van der Waals surface area contributed by atoms with Crippen molar-refractivity contribution in [3.63, 3.8) is 0 Å². The first-order chi connectivity index (χ1) is 7.74. The van der Waals surface area contributed by atoms with Crippen molar-refractivity contribution in [3.8, 4) is 0 Å². The average Bonchev–Trinajstić information content (AvgIpc) is 2.29. The molecule has 0 bridgehead atoms. The lowest BCUT2D eigenvalue weighted by Gasteiger charge is -2.04. The van der Waals surface area contributed by atoms with Crippen molar-refractivity contribution in [2.75, 3.05) is 6.61 Å². The number of carbonyl (C=O) groups is 1. The molecule has 0 aliphatic rings. The van der Waals surface area contributed by atoms with Crippen molar-refractivity contribution in [2.24, 2.45) is 0 Å². The zero-order valence-corrected chi connectivity index (χ0v) is 11.3. The lowest BCUT2D eigenvalue weighted by molar-refractivity contribution is 0.0498. The second-order valence-corrected chi connectivity index (χ2v) is 4.67. The maximum Gasteiger partial charge on any atom is 0.338 e. The molecular formula is C13H15IO2. The largest absolute Gasteiger partial charge is 0.462 e. The predicted molar refractivity (Wildman–Crippen MR) is 73.5 cm³/mol. The van der Waals surface area contributed by atoms with Gasteiger partial charge in [0.2, 0.25) is 0 Å². The summed E-state index contributed by atoms with van der Waals surface area (Å²) in [6.45, 7) is 4.13. The zero-order valence-electron chi connectivity index (χ0n) is 9.12. The second-order valence-electron chi connectivity index (χ2n) is 3.43. The SMILES string of the molecule is C=CCCCCOC(=O)c1ccc(I)cc1. The molecule has 0 heterocycles. The van der Waals surface area contributed by atoms with E-state index in [1.807, 2.05) is 18.2 Å². The van der Waals surface area contributed by atoms with Gasteiger partial charge in [0.1, 0.15) is 0 Å². The van der Waals surface area contributed by atoms with Crippen molar-refractivity contribution in [2.45, 2.75) is 19.3 Å². The van der Waals surface area contributed by atoms with Gasteiger partial charge in [-0.3, -0.25) is 0 Å². The van der Waals surface area contributed by atoms with E-state index in [9.17, 15) is 4.79 Å². The van der Waals surface area contributed by atoms with Crippen LogP contribution in [0.2, 0.25) is 0 Å². The highest BCUT2D eigenvalue weighted by Gasteiger charge is 2.05. The Hall–Kier alpha value is -0.840. The minimum absolute atomic E-state index is 0.241. The van der Waals surface area contributed by atoms with Crippen LogP contribution in [0.1, 0.15) is 29.6 Å². The molecule has 0 N–H and O–H groups in total. The number of hydrogen-bond acceptors (Lipinski definition) is 2. The fourth-order valence-electron chi connectivity index (χ4n) is 1.22. The molecule has 0 aliphatic heterocycles. The summed E-state index contributed by atoms with van der Waals surface area (Å²) in [6, 6.07) is 7.37. The molecule has 86 valence electrons. The number of unbranched alkanes of at least 4 members (excludes halogenated alkanes) is 2. The van der Waals surface area contributed by atoms with Gasteiger partial charge in [0.15, 0.2) is 0 Å². The Morgan fingerprint density at radius 2 is 2.00 bits per heavy atom. The summed E-state index contributed by atoms with van der Waals surface area (Å²) in [5.74, 6) is -0.241. The molecule has 0 saturated carbocycles. The minimum atomic E-state index is -0.241. The van der Waals surface area contributed by atoms with Gasteiger partial charge >= 0.3 is 5.97 Å². The number of halogens is 1. The van der Waals surface area contributed by atoms with Gasteiger partial charge in [-0.05, 0) is 66.1 Å². The van der Waals surface area contributed by atoms with E-state index < -0.39 is 0 Å². The highest BCUT2D eigenvalue weighted by atomic mass is 127. The molecule has 0 amide bonds. The Labute approximate surface area is 110 Å². The van der Waals surface area contributed by atoms with E-state index in [4.69, 9.17) is 4.74 Å². The Balaban J connectivity index is 2.29. The molecule has 0 saturated heterocycles. The van der Waals surface area contributed by atoms with Crippen LogP contribution in [0.5, 0.6) is 0 Å². The highest BCUT2D eigenvalue weighted by molar-refractivity contribution is 14.1. The Bertz CT molecular complexity index is 343. The molecule has 0 spiro atoms. The molecule has 0 aromatic heterocycles. The van der Waals surface area contributed by atoms with Crippen LogP contribution < -0.4 is 0 Å². The van der Waals surface area contributed by atoms with E-state index >= 15 is 0 Å². The average molecular weight is 330 g/mol. The summed E-state index contributed by atoms with van der Waals surface area (Å²) >= 11 is 2.20. The van der Waals surface area contributed by atoms with Crippen molar-refractivity contribution in [3.05, 3.63) is 46.1 Å². The third kappa shape index (κ3) is 4.79. The molecule has 0 aliphatic carbocycles.